The number of anilines is 1. The summed E-state index contributed by atoms with van der Waals surface area (Å²) in [6, 6.07) is 9.98. The average molecular weight is 253 g/mol. The zero-order chi connectivity index (χ0) is 13.8. The largest absolute Gasteiger partial charge is 0.382 e. The van der Waals surface area contributed by atoms with Gasteiger partial charge >= 0.3 is 0 Å². The molecule has 1 aliphatic rings. The molecule has 1 saturated carbocycles. The number of nitrogens with one attached hydrogen (secondary N) is 1. The van der Waals surface area contributed by atoms with Crippen molar-refractivity contribution in [1.82, 2.24) is 0 Å². The van der Waals surface area contributed by atoms with Gasteiger partial charge in [-0.2, -0.15) is 10.5 Å². The topological polar surface area (TPSA) is 59.6 Å². The van der Waals surface area contributed by atoms with E-state index < -0.39 is 0 Å². The summed E-state index contributed by atoms with van der Waals surface area (Å²) in [7, 11) is 0. The van der Waals surface area contributed by atoms with Crippen molar-refractivity contribution in [3.63, 3.8) is 0 Å². The Morgan fingerprint density at radius 1 is 1.11 bits per heavy atom. The lowest BCUT2D eigenvalue weighted by atomic mass is 9.80. The van der Waals surface area contributed by atoms with Gasteiger partial charge in [-0.3, -0.25) is 0 Å². The molecule has 1 aromatic rings. The van der Waals surface area contributed by atoms with Crippen molar-refractivity contribution in [2.24, 2.45) is 11.8 Å². The van der Waals surface area contributed by atoms with Crippen LogP contribution in [0.2, 0.25) is 0 Å². The van der Waals surface area contributed by atoms with Gasteiger partial charge in [-0.1, -0.05) is 13.8 Å². The fourth-order valence-corrected chi connectivity index (χ4v) is 2.92. The van der Waals surface area contributed by atoms with E-state index in [4.69, 9.17) is 10.5 Å². The van der Waals surface area contributed by atoms with Gasteiger partial charge in [-0.15, -0.1) is 0 Å². The predicted molar refractivity (Wildman–Crippen MR) is 75.5 cm³/mol. The highest BCUT2D eigenvalue weighted by Gasteiger charge is 2.25. The molecule has 0 spiro atoms. The van der Waals surface area contributed by atoms with E-state index in [1.807, 2.05) is 12.1 Å². The normalized spacial score (nSPS) is 26.2. The molecule has 1 N–H and O–H groups in total. The number of hydrogen-bond acceptors (Lipinski definition) is 3. The molecule has 0 amide bonds. The minimum atomic E-state index is 0.443. The summed E-state index contributed by atoms with van der Waals surface area (Å²) in [5, 5.41) is 21.5. The van der Waals surface area contributed by atoms with Gasteiger partial charge < -0.3 is 5.32 Å². The standard InChI is InChI=1S/C16H19N3/c1-11-3-6-16(12(2)7-11)19-15-5-4-13(9-17)14(8-15)10-18/h4-5,8,11-12,16,19H,3,6-7H2,1-2H3. The Bertz CT molecular complexity index is 536. The number of nitrogens with zero attached hydrogens (tertiary/aromatic N) is 2. The SMILES string of the molecule is CC1CCC(Nc2ccc(C#N)c(C#N)c2)C(C)C1. The lowest BCUT2D eigenvalue weighted by Gasteiger charge is -2.33. The fourth-order valence-electron chi connectivity index (χ4n) is 2.92. The van der Waals surface area contributed by atoms with Crippen molar-refractivity contribution in [1.29, 1.82) is 10.5 Å². The molecule has 0 aromatic heterocycles. The van der Waals surface area contributed by atoms with E-state index >= 15 is 0 Å². The highest BCUT2D eigenvalue weighted by molar-refractivity contribution is 5.56. The molecule has 1 aromatic carbocycles. The first-order chi connectivity index (χ1) is 9.13. The molecule has 0 saturated heterocycles. The maximum Gasteiger partial charge on any atom is 0.101 e. The smallest absolute Gasteiger partial charge is 0.101 e. The minimum absolute atomic E-state index is 0.443. The summed E-state index contributed by atoms with van der Waals surface area (Å²) >= 11 is 0. The van der Waals surface area contributed by atoms with Gasteiger partial charge in [0, 0.05) is 11.7 Å². The lowest BCUT2D eigenvalue weighted by molar-refractivity contribution is 0.276. The van der Waals surface area contributed by atoms with Crippen LogP contribution in [0.4, 0.5) is 5.69 Å². The highest BCUT2D eigenvalue weighted by Crippen LogP contribution is 2.31. The Hall–Kier alpha value is -2.00. The van der Waals surface area contributed by atoms with Gasteiger partial charge in [-0.25, -0.2) is 0 Å². The van der Waals surface area contributed by atoms with E-state index in [-0.39, 0.29) is 0 Å². The zero-order valence-electron chi connectivity index (χ0n) is 11.5. The van der Waals surface area contributed by atoms with Crippen molar-refractivity contribution in [3.8, 4) is 12.1 Å². The summed E-state index contributed by atoms with van der Waals surface area (Å²) in [5.74, 6) is 1.45. The van der Waals surface area contributed by atoms with Crippen LogP contribution in [0.15, 0.2) is 18.2 Å². The molecule has 3 atom stereocenters. The minimum Gasteiger partial charge on any atom is -0.382 e. The van der Waals surface area contributed by atoms with Crippen molar-refractivity contribution in [3.05, 3.63) is 29.3 Å². The zero-order valence-corrected chi connectivity index (χ0v) is 11.5. The molecule has 0 heterocycles. The molecule has 1 fully saturated rings. The second-order valence-corrected chi connectivity index (χ2v) is 5.63. The maximum atomic E-state index is 9.04. The molecular formula is C16H19N3. The summed E-state index contributed by atoms with van der Waals surface area (Å²) in [6.07, 6.45) is 3.67. The molecule has 98 valence electrons. The van der Waals surface area contributed by atoms with E-state index in [9.17, 15) is 0 Å². The Kier molecular flexibility index (Phi) is 4.07. The summed E-state index contributed by atoms with van der Waals surface area (Å²) in [5.41, 5.74) is 1.84. The van der Waals surface area contributed by atoms with E-state index in [0.29, 0.717) is 23.1 Å². The molecule has 3 unspecified atom stereocenters. The summed E-state index contributed by atoms with van der Waals surface area (Å²) in [6.45, 7) is 4.59. The number of benzene rings is 1. The van der Waals surface area contributed by atoms with Gasteiger partial charge in [-0.05, 0) is 49.3 Å². The Morgan fingerprint density at radius 2 is 1.84 bits per heavy atom. The third-order valence-corrected chi connectivity index (χ3v) is 4.04. The Balaban J connectivity index is 2.12. The quantitative estimate of drug-likeness (QED) is 0.874. The first-order valence-corrected chi connectivity index (χ1v) is 6.84. The van der Waals surface area contributed by atoms with Crippen molar-refractivity contribution >= 4 is 5.69 Å². The van der Waals surface area contributed by atoms with Crippen LogP contribution >= 0.6 is 0 Å². The molecule has 2 rings (SSSR count). The van der Waals surface area contributed by atoms with Crippen molar-refractivity contribution in [2.45, 2.75) is 39.2 Å². The van der Waals surface area contributed by atoms with Gasteiger partial charge in [0.15, 0.2) is 0 Å². The third-order valence-electron chi connectivity index (χ3n) is 4.04. The monoisotopic (exact) mass is 253 g/mol. The van der Waals surface area contributed by atoms with Crippen LogP contribution in [0, 0.1) is 34.5 Å². The molecule has 19 heavy (non-hydrogen) atoms. The van der Waals surface area contributed by atoms with E-state index in [1.165, 1.54) is 19.3 Å². The summed E-state index contributed by atoms with van der Waals surface area (Å²) < 4.78 is 0. The number of hydrogen-bond donors (Lipinski definition) is 1. The molecular weight excluding hydrogens is 234 g/mol. The second kappa shape index (κ2) is 5.76. The number of nitriles is 2. The lowest BCUT2D eigenvalue weighted by Crippen LogP contribution is -2.33. The molecule has 3 heteroatoms. The van der Waals surface area contributed by atoms with E-state index in [0.717, 1.165) is 11.6 Å². The van der Waals surface area contributed by atoms with Crippen LogP contribution < -0.4 is 5.32 Å². The highest BCUT2D eigenvalue weighted by atomic mass is 14.9. The Morgan fingerprint density at radius 3 is 2.47 bits per heavy atom. The molecule has 3 nitrogen and oxygen atoms in total. The van der Waals surface area contributed by atoms with Crippen molar-refractivity contribution in [2.75, 3.05) is 5.32 Å². The van der Waals surface area contributed by atoms with Gasteiger partial charge in [0.25, 0.3) is 0 Å². The van der Waals surface area contributed by atoms with Crippen LogP contribution in [-0.4, -0.2) is 6.04 Å². The van der Waals surface area contributed by atoms with Gasteiger partial charge in [0.2, 0.25) is 0 Å². The first kappa shape index (κ1) is 13.4. The van der Waals surface area contributed by atoms with Crippen molar-refractivity contribution < 1.29 is 0 Å². The molecule has 0 bridgehead atoms. The number of rotatable bonds is 2. The van der Waals surface area contributed by atoms with Crippen LogP contribution in [0.25, 0.3) is 0 Å². The first-order valence-electron chi connectivity index (χ1n) is 6.84. The fraction of sp³-hybridized carbons (Fsp3) is 0.500. The van der Waals surface area contributed by atoms with Gasteiger partial charge in [0.05, 0.1) is 11.1 Å². The molecule has 1 aliphatic carbocycles. The predicted octanol–water partition coefficient (Wildman–Crippen LogP) is 3.67. The average Bonchev–Trinajstić information content (AvgIpc) is 2.41. The summed E-state index contributed by atoms with van der Waals surface area (Å²) in [4.78, 5) is 0. The molecule has 0 aliphatic heterocycles. The molecule has 0 radical (unpaired) electrons. The van der Waals surface area contributed by atoms with Crippen LogP contribution in [0.3, 0.4) is 0 Å². The second-order valence-electron chi connectivity index (χ2n) is 5.63. The third kappa shape index (κ3) is 3.06. The van der Waals surface area contributed by atoms with E-state index in [2.05, 4.69) is 25.2 Å². The maximum absolute atomic E-state index is 9.04. The Labute approximate surface area is 114 Å². The van der Waals surface area contributed by atoms with E-state index in [1.54, 1.807) is 12.1 Å². The van der Waals surface area contributed by atoms with Crippen LogP contribution in [-0.2, 0) is 0 Å². The van der Waals surface area contributed by atoms with Gasteiger partial charge in [0.1, 0.15) is 12.1 Å². The van der Waals surface area contributed by atoms with Crippen LogP contribution in [0.5, 0.6) is 0 Å². The van der Waals surface area contributed by atoms with Crippen LogP contribution in [0.1, 0.15) is 44.2 Å².